The molecule has 0 aliphatic rings. The van der Waals surface area contributed by atoms with Gasteiger partial charge in [-0.05, 0) is 60.3 Å². The highest BCUT2D eigenvalue weighted by molar-refractivity contribution is 5.99. The van der Waals surface area contributed by atoms with E-state index < -0.39 is 5.91 Å². The SMILES string of the molecule is COc1ccc(NC(=O)Cc2cc3ccccc3c(N=Nc3cc(C(N)=O)ccc3C)c2O)cc1. The van der Waals surface area contributed by atoms with E-state index in [1.165, 1.54) is 0 Å². The van der Waals surface area contributed by atoms with Crippen molar-refractivity contribution in [2.45, 2.75) is 13.3 Å². The Morgan fingerprint density at radius 3 is 2.46 bits per heavy atom. The van der Waals surface area contributed by atoms with Gasteiger partial charge in [-0.25, -0.2) is 0 Å². The Bertz CT molecular complexity index is 1450. The lowest BCUT2D eigenvalue weighted by molar-refractivity contribution is -0.115. The number of hydrogen-bond donors (Lipinski definition) is 3. The van der Waals surface area contributed by atoms with Crippen molar-refractivity contribution in [3.8, 4) is 11.5 Å². The van der Waals surface area contributed by atoms with E-state index >= 15 is 0 Å². The third kappa shape index (κ3) is 5.27. The van der Waals surface area contributed by atoms with Gasteiger partial charge >= 0.3 is 0 Å². The number of primary amides is 1. The number of aromatic hydroxyl groups is 1. The number of methoxy groups -OCH3 is 1. The minimum atomic E-state index is -0.570. The highest BCUT2D eigenvalue weighted by Gasteiger charge is 2.16. The summed E-state index contributed by atoms with van der Waals surface area (Å²) in [7, 11) is 1.57. The number of phenolic OH excluding ortho intramolecular Hbond substituents is 1. The average Bonchev–Trinajstić information content (AvgIpc) is 2.85. The molecule has 0 saturated heterocycles. The number of azo groups is 1. The van der Waals surface area contributed by atoms with Crippen LogP contribution in [0.1, 0.15) is 21.5 Å². The van der Waals surface area contributed by atoms with Gasteiger partial charge in [-0.15, -0.1) is 5.11 Å². The monoisotopic (exact) mass is 468 g/mol. The van der Waals surface area contributed by atoms with Crippen molar-refractivity contribution in [1.29, 1.82) is 0 Å². The summed E-state index contributed by atoms with van der Waals surface area (Å²) in [6.07, 6.45) is -0.0681. The molecule has 0 aliphatic heterocycles. The molecule has 8 nitrogen and oxygen atoms in total. The van der Waals surface area contributed by atoms with Gasteiger partial charge in [0.05, 0.1) is 19.2 Å². The number of nitrogens with two attached hydrogens (primary N) is 1. The fourth-order valence-electron chi connectivity index (χ4n) is 3.64. The molecule has 0 heterocycles. The van der Waals surface area contributed by atoms with Gasteiger partial charge in [0.2, 0.25) is 11.8 Å². The zero-order chi connectivity index (χ0) is 24.9. The third-order valence-corrected chi connectivity index (χ3v) is 5.55. The maximum Gasteiger partial charge on any atom is 0.248 e. The van der Waals surface area contributed by atoms with Crippen molar-refractivity contribution < 1.29 is 19.4 Å². The van der Waals surface area contributed by atoms with Gasteiger partial charge in [0.25, 0.3) is 0 Å². The largest absolute Gasteiger partial charge is 0.505 e. The first-order chi connectivity index (χ1) is 16.9. The molecule has 35 heavy (non-hydrogen) atoms. The second kappa shape index (κ2) is 10.0. The van der Waals surface area contributed by atoms with E-state index in [4.69, 9.17) is 10.5 Å². The van der Waals surface area contributed by atoms with Crippen molar-refractivity contribution in [3.63, 3.8) is 0 Å². The number of phenols is 1. The predicted octanol–water partition coefficient (Wildman–Crippen LogP) is 5.56. The number of amides is 2. The Kier molecular flexibility index (Phi) is 6.73. The highest BCUT2D eigenvalue weighted by Crippen LogP contribution is 2.40. The van der Waals surface area contributed by atoms with Crippen LogP contribution in [0.4, 0.5) is 17.1 Å². The summed E-state index contributed by atoms with van der Waals surface area (Å²) in [5.41, 5.74) is 8.18. The molecule has 4 N–H and O–H groups in total. The topological polar surface area (TPSA) is 126 Å². The number of rotatable bonds is 7. The summed E-state index contributed by atoms with van der Waals surface area (Å²) in [5.74, 6) is -0.323. The smallest absolute Gasteiger partial charge is 0.248 e. The first kappa shape index (κ1) is 23.4. The molecule has 4 rings (SSSR count). The van der Waals surface area contributed by atoms with Crippen LogP contribution in [-0.4, -0.2) is 24.0 Å². The summed E-state index contributed by atoms with van der Waals surface area (Å²) in [4.78, 5) is 24.3. The van der Waals surface area contributed by atoms with Crippen LogP contribution in [0.5, 0.6) is 11.5 Å². The number of benzene rings is 4. The van der Waals surface area contributed by atoms with Crippen LogP contribution in [-0.2, 0) is 11.2 Å². The number of carbonyl (C=O) groups excluding carboxylic acids is 2. The normalized spacial score (nSPS) is 11.0. The molecule has 0 fully saturated rings. The lowest BCUT2D eigenvalue weighted by atomic mass is 10.0. The van der Waals surface area contributed by atoms with Gasteiger partial charge in [0.15, 0.2) is 0 Å². The van der Waals surface area contributed by atoms with Crippen LogP contribution in [0.3, 0.4) is 0 Å². The summed E-state index contributed by atoms with van der Waals surface area (Å²) in [6, 6.07) is 21.0. The van der Waals surface area contributed by atoms with Crippen LogP contribution in [0.15, 0.2) is 83.0 Å². The van der Waals surface area contributed by atoms with Crippen molar-refractivity contribution in [1.82, 2.24) is 0 Å². The molecule has 0 radical (unpaired) electrons. The van der Waals surface area contributed by atoms with E-state index in [9.17, 15) is 14.7 Å². The zero-order valence-corrected chi connectivity index (χ0v) is 19.3. The molecular formula is C27H24N4O4. The number of aryl methyl sites for hydroxylation is 1. The van der Waals surface area contributed by atoms with Crippen molar-refractivity contribution in [2.75, 3.05) is 12.4 Å². The molecule has 0 aliphatic carbocycles. The molecule has 0 spiro atoms. The Balaban J connectivity index is 1.67. The maximum absolute atomic E-state index is 12.7. The lowest BCUT2D eigenvalue weighted by Crippen LogP contribution is -2.14. The van der Waals surface area contributed by atoms with E-state index in [1.807, 2.05) is 31.2 Å². The number of nitrogens with zero attached hydrogens (tertiary/aromatic N) is 2. The Morgan fingerprint density at radius 2 is 1.74 bits per heavy atom. The molecule has 0 saturated carbocycles. The van der Waals surface area contributed by atoms with Crippen LogP contribution < -0.4 is 15.8 Å². The van der Waals surface area contributed by atoms with Crippen LogP contribution in [0, 0.1) is 6.92 Å². The van der Waals surface area contributed by atoms with Gasteiger partial charge in [0.1, 0.15) is 17.2 Å². The number of fused-ring (bicyclic) bond motifs is 1. The summed E-state index contributed by atoms with van der Waals surface area (Å²) in [5, 5.41) is 23.9. The lowest BCUT2D eigenvalue weighted by Gasteiger charge is -2.11. The van der Waals surface area contributed by atoms with E-state index in [0.717, 1.165) is 10.9 Å². The number of hydrogen-bond acceptors (Lipinski definition) is 6. The maximum atomic E-state index is 12.7. The standard InChI is InChI=1S/C27H24N4O4/c1-16-7-8-18(27(28)34)14-23(16)30-31-25-22-6-4-3-5-17(22)13-19(26(25)33)15-24(32)29-20-9-11-21(35-2)12-10-20/h3-14,33H,15H2,1-2H3,(H2,28,34)(H,29,32). The van der Waals surface area contributed by atoms with E-state index in [2.05, 4.69) is 15.5 Å². The van der Waals surface area contributed by atoms with Crippen molar-refractivity contribution in [3.05, 3.63) is 89.5 Å². The fourth-order valence-corrected chi connectivity index (χ4v) is 3.64. The van der Waals surface area contributed by atoms with Gasteiger partial charge in [0, 0.05) is 22.2 Å². The molecule has 0 aromatic heterocycles. The highest BCUT2D eigenvalue weighted by atomic mass is 16.5. The first-order valence-corrected chi connectivity index (χ1v) is 10.9. The number of anilines is 1. The number of carbonyl (C=O) groups is 2. The molecule has 0 bridgehead atoms. The second-order valence-corrected chi connectivity index (χ2v) is 7.97. The molecule has 4 aromatic carbocycles. The summed E-state index contributed by atoms with van der Waals surface area (Å²) < 4.78 is 5.13. The number of ether oxygens (including phenoxy) is 1. The van der Waals surface area contributed by atoms with E-state index in [1.54, 1.807) is 55.6 Å². The Morgan fingerprint density at radius 1 is 1.00 bits per heavy atom. The van der Waals surface area contributed by atoms with Crippen LogP contribution in [0.25, 0.3) is 10.8 Å². The summed E-state index contributed by atoms with van der Waals surface area (Å²) >= 11 is 0. The quantitative estimate of drug-likeness (QED) is 0.307. The zero-order valence-electron chi connectivity index (χ0n) is 19.3. The van der Waals surface area contributed by atoms with Gasteiger partial charge in [-0.1, -0.05) is 30.3 Å². The molecule has 176 valence electrons. The summed E-state index contributed by atoms with van der Waals surface area (Å²) in [6.45, 7) is 1.83. The molecule has 4 aromatic rings. The second-order valence-electron chi connectivity index (χ2n) is 7.97. The van der Waals surface area contributed by atoms with Gasteiger partial charge in [-0.3, -0.25) is 9.59 Å². The third-order valence-electron chi connectivity index (χ3n) is 5.55. The van der Waals surface area contributed by atoms with Crippen LogP contribution in [0.2, 0.25) is 0 Å². The van der Waals surface area contributed by atoms with Gasteiger partial charge < -0.3 is 20.9 Å². The van der Waals surface area contributed by atoms with E-state index in [-0.39, 0.29) is 23.8 Å². The minimum absolute atomic E-state index is 0.0681. The molecular weight excluding hydrogens is 444 g/mol. The predicted molar refractivity (Wildman–Crippen MR) is 135 cm³/mol. The van der Waals surface area contributed by atoms with Crippen molar-refractivity contribution in [2.24, 2.45) is 16.0 Å². The first-order valence-electron chi connectivity index (χ1n) is 10.9. The molecule has 0 atom stereocenters. The molecule has 8 heteroatoms. The fraction of sp³-hybridized carbons (Fsp3) is 0.111. The van der Waals surface area contributed by atoms with Gasteiger partial charge in [-0.2, -0.15) is 5.11 Å². The van der Waals surface area contributed by atoms with Crippen LogP contribution >= 0.6 is 0 Å². The Hall–Kier alpha value is -4.72. The average molecular weight is 469 g/mol. The minimum Gasteiger partial charge on any atom is -0.505 e. The Labute approximate surface area is 202 Å². The number of nitrogens with one attached hydrogen (secondary N) is 1. The van der Waals surface area contributed by atoms with E-state index in [0.29, 0.717) is 33.6 Å². The molecule has 2 amide bonds. The molecule has 0 unspecified atom stereocenters. The van der Waals surface area contributed by atoms with Crippen molar-refractivity contribution >= 4 is 39.6 Å².